The first-order valence-corrected chi connectivity index (χ1v) is 12.3. The van der Waals surface area contributed by atoms with E-state index in [1.165, 1.54) is 17.2 Å². The van der Waals surface area contributed by atoms with Crippen molar-refractivity contribution < 1.29 is 23.8 Å². The Balaban J connectivity index is 1.50. The first kappa shape index (κ1) is 25.2. The van der Waals surface area contributed by atoms with Crippen LogP contribution in [0.2, 0.25) is 0 Å². The lowest BCUT2D eigenvalue weighted by Crippen LogP contribution is -2.38. The molecule has 4 aromatic rings. The fraction of sp³-hybridized carbons (Fsp3) is 0.207. The summed E-state index contributed by atoms with van der Waals surface area (Å²) in [6.45, 7) is 1.97. The second kappa shape index (κ2) is 10.9. The molecule has 0 radical (unpaired) electrons. The maximum absolute atomic E-state index is 14.5. The van der Waals surface area contributed by atoms with Gasteiger partial charge >= 0.3 is 6.03 Å². The van der Waals surface area contributed by atoms with Gasteiger partial charge in [-0.3, -0.25) is 9.69 Å². The van der Waals surface area contributed by atoms with E-state index in [4.69, 9.17) is 9.84 Å². The van der Waals surface area contributed by atoms with Crippen LogP contribution in [0.15, 0.2) is 85.1 Å². The molecule has 1 aromatic heterocycles. The number of hydrogen-bond acceptors (Lipinski definition) is 5. The lowest BCUT2D eigenvalue weighted by Gasteiger charge is -2.29. The van der Waals surface area contributed by atoms with E-state index >= 15 is 0 Å². The zero-order chi connectivity index (χ0) is 26.6. The summed E-state index contributed by atoms with van der Waals surface area (Å²) in [7, 11) is 0. The lowest BCUT2D eigenvalue weighted by atomic mass is 9.91. The predicted molar refractivity (Wildman–Crippen MR) is 139 cm³/mol. The molecule has 9 heteroatoms. The van der Waals surface area contributed by atoms with Crippen LogP contribution in [0.1, 0.15) is 41.9 Å². The number of ether oxygens (including phenoxy) is 1. The van der Waals surface area contributed by atoms with E-state index in [1.807, 2.05) is 37.3 Å². The average Bonchev–Trinajstić information content (AvgIpc) is 3.54. The van der Waals surface area contributed by atoms with E-state index in [2.05, 4.69) is 15.3 Å². The van der Waals surface area contributed by atoms with Crippen molar-refractivity contribution in [2.24, 2.45) is 0 Å². The van der Waals surface area contributed by atoms with E-state index in [0.29, 0.717) is 28.4 Å². The molecule has 1 aliphatic rings. The highest BCUT2D eigenvalue weighted by Gasteiger charge is 2.46. The van der Waals surface area contributed by atoms with Crippen molar-refractivity contribution in [3.05, 3.63) is 108 Å². The Hall–Kier alpha value is -4.50. The number of aliphatic hydroxyl groups is 1. The number of amides is 3. The second-order valence-corrected chi connectivity index (χ2v) is 9.04. The summed E-state index contributed by atoms with van der Waals surface area (Å²) >= 11 is 0. The van der Waals surface area contributed by atoms with Gasteiger partial charge in [-0.15, -0.1) is 0 Å². The molecule has 38 heavy (non-hydrogen) atoms. The summed E-state index contributed by atoms with van der Waals surface area (Å²) in [6.07, 6.45) is 1.51. The largest absolute Gasteiger partial charge is 0.491 e. The number of imide groups is 1. The number of aliphatic hydroxyl groups excluding tert-OH is 1. The third-order valence-corrected chi connectivity index (χ3v) is 6.66. The van der Waals surface area contributed by atoms with Crippen LogP contribution < -0.4 is 10.1 Å². The molecule has 0 bridgehead atoms. The summed E-state index contributed by atoms with van der Waals surface area (Å²) in [6, 6.07) is 20.5. The lowest BCUT2D eigenvalue weighted by molar-refractivity contribution is -0.129. The SMILES string of the molecule is C[C@@H](c1ccccc1)[C@@H](c1ncc(-c2ccccc2F)[nH]1)N1C(=O)NC(c2ccc(OCCO)cc2)C1=O. The van der Waals surface area contributed by atoms with Gasteiger partial charge in [-0.25, -0.2) is 14.2 Å². The molecular weight excluding hydrogens is 487 g/mol. The van der Waals surface area contributed by atoms with Crippen molar-refractivity contribution in [1.82, 2.24) is 20.2 Å². The van der Waals surface area contributed by atoms with Crippen molar-refractivity contribution in [3.63, 3.8) is 0 Å². The zero-order valence-corrected chi connectivity index (χ0v) is 20.7. The van der Waals surface area contributed by atoms with Crippen LogP contribution in [0.3, 0.4) is 0 Å². The number of halogens is 1. The van der Waals surface area contributed by atoms with E-state index in [1.54, 1.807) is 42.5 Å². The maximum atomic E-state index is 14.5. The number of aromatic amines is 1. The topological polar surface area (TPSA) is 108 Å². The fourth-order valence-corrected chi connectivity index (χ4v) is 4.73. The van der Waals surface area contributed by atoms with Gasteiger partial charge in [0.1, 0.15) is 36.1 Å². The maximum Gasteiger partial charge on any atom is 0.325 e. The van der Waals surface area contributed by atoms with E-state index in [-0.39, 0.29) is 19.1 Å². The Morgan fingerprint density at radius 1 is 1.03 bits per heavy atom. The van der Waals surface area contributed by atoms with Crippen molar-refractivity contribution in [3.8, 4) is 17.0 Å². The molecule has 0 saturated carbocycles. The normalized spacial score (nSPS) is 16.8. The minimum Gasteiger partial charge on any atom is -0.491 e. The van der Waals surface area contributed by atoms with Gasteiger partial charge in [0.2, 0.25) is 0 Å². The summed E-state index contributed by atoms with van der Waals surface area (Å²) in [5, 5.41) is 11.7. The van der Waals surface area contributed by atoms with Gasteiger partial charge in [-0.05, 0) is 35.4 Å². The van der Waals surface area contributed by atoms with Crippen LogP contribution in [0.4, 0.5) is 9.18 Å². The van der Waals surface area contributed by atoms with E-state index in [9.17, 15) is 14.0 Å². The number of nitrogens with one attached hydrogen (secondary N) is 2. The quantitative estimate of drug-likeness (QED) is 0.280. The van der Waals surface area contributed by atoms with Crippen molar-refractivity contribution in [2.45, 2.75) is 24.9 Å². The first-order chi connectivity index (χ1) is 18.5. The van der Waals surface area contributed by atoms with Gasteiger partial charge in [-0.2, -0.15) is 0 Å². The standard InChI is InChI=1S/C29H27FN4O4/c1-18(19-7-3-2-4-8-19)26(27-31-17-24(32-27)22-9-5-6-10-23(22)30)34-28(36)25(33-29(34)37)20-11-13-21(14-12-20)38-16-15-35/h2-14,17-18,25-26,35H,15-16H2,1H3,(H,31,32)(H,33,37)/t18-,25?,26-/m0/s1. The number of imidazole rings is 1. The summed E-state index contributed by atoms with van der Waals surface area (Å²) < 4.78 is 19.9. The summed E-state index contributed by atoms with van der Waals surface area (Å²) in [4.78, 5) is 35.9. The number of H-pyrrole nitrogens is 1. The van der Waals surface area contributed by atoms with Gasteiger partial charge < -0.3 is 20.1 Å². The highest BCUT2D eigenvalue weighted by atomic mass is 19.1. The Labute approximate surface area is 219 Å². The minimum absolute atomic E-state index is 0.111. The Bertz CT molecular complexity index is 1420. The summed E-state index contributed by atoms with van der Waals surface area (Å²) in [5.74, 6) is -0.231. The van der Waals surface area contributed by atoms with Crippen LogP contribution >= 0.6 is 0 Å². The fourth-order valence-electron chi connectivity index (χ4n) is 4.73. The number of benzene rings is 3. The molecule has 3 atom stereocenters. The van der Waals surface area contributed by atoms with Gasteiger partial charge in [0.05, 0.1) is 18.5 Å². The molecule has 3 N–H and O–H groups in total. The Kier molecular flexibility index (Phi) is 7.19. The Morgan fingerprint density at radius 3 is 2.45 bits per heavy atom. The number of carbonyl (C=O) groups excluding carboxylic acids is 2. The molecule has 194 valence electrons. The predicted octanol–water partition coefficient (Wildman–Crippen LogP) is 4.72. The highest BCUT2D eigenvalue weighted by molar-refractivity contribution is 6.05. The molecule has 3 aromatic carbocycles. The highest BCUT2D eigenvalue weighted by Crippen LogP contribution is 2.39. The van der Waals surface area contributed by atoms with Crippen molar-refractivity contribution >= 4 is 11.9 Å². The van der Waals surface area contributed by atoms with Gasteiger partial charge in [0.25, 0.3) is 5.91 Å². The number of urea groups is 1. The smallest absolute Gasteiger partial charge is 0.325 e. The van der Waals surface area contributed by atoms with Crippen LogP contribution in [0.25, 0.3) is 11.3 Å². The van der Waals surface area contributed by atoms with E-state index < -0.39 is 29.8 Å². The van der Waals surface area contributed by atoms with Crippen molar-refractivity contribution in [2.75, 3.05) is 13.2 Å². The molecule has 8 nitrogen and oxygen atoms in total. The summed E-state index contributed by atoms with van der Waals surface area (Å²) in [5.41, 5.74) is 2.30. The molecule has 0 spiro atoms. The molecule has 1 fully saturated rings. The number of rotatable bonds is 9. The average molecular weight is 515 g/mol. The number of aromatic nitrogens is 2. The van der Waals surface area contributed by atoms with Crippen molar-refractivity contribution in [1.29, 1.82) is 0 Å². The number of carbonyl (C=O) groups is 2. The monoisotopic (exact) mass is 514 g/mol. The second-order valence-electron chi connectivity index (χ2n) is 9.04. The van der Waals surface area contributed by atoms with Crippen LogP contribution in [0.5, 0.6) is 5.75 Å². The first-order valence-electron chi connectivity index (χ1n) is 12.3. The van der Waals surface area contributed by atoms with Gasteiger partial charge in [-0.1, -0.05) is 61.5 Å². The third-order valence-electron chi connectivity index (χ3n) is 6.66. The molecule has 1 aliphatic heterocycles. The van der Waals surface area contributed by atoms with Gasteiger partial charge in [0, 0.05) is 11.5 Å². The minimum atomic E-state index is -0.888. The number of hydrogen-bond donors (Lipinski definition) is 3. The molecule has 3 amide bonds. The molecule has 1 saturated heterocycles. The zero-order valence-electron chi connectivity index (χ0n) is 20.7. The number of nitrogens with zero attached hydrogens (tertiary/aromatic N) is 2. The molecular formula is C29H27FN4O4. The van der Waals surface area contributed by atoms with Crippen LogP contribution in [-0.2, 0) is 4.79 Å². The molecule has 2 heterocycles. The van der Waals surface area contributed by atoms with Crippen LogP contribution in [0, 0.1) is 5.82 Å². The third kappa shape index (κ3) is 4.88. The van der Waals surface area contributed by atoms with Gasteiger partial charge in [0.15, 0.2) is 0 Å². The molecule has 0 aliphatic carbocycles. The Morgan fingerprint density at radius 2 is 1.74 bits per heavy atom. The van der Waals surface area contributed by atoms with E-state index in [0.717, 1.165) is 5.56 Å². The molecule has 1 unspecified atom stereocenters. The molecule has 5 rings (SSSR count). The van der Waals surface area contributed by atoms with Crippen LogP contribution in [-0.4, -0.2) is 45.1 Å².